The van der Waals surface area contributed by atoms with E-state index >= 15 is 8.78 Å². The summed E-state index contributed by atoms with van der Waals surface area (Å²) in [7, 11) is 0. The molecule has 1 N–H and O–H groups in total. The topological polar surface area (TPSA) is 37.3 Å². The second kappa shape index (κ2) is 7.44. The van der Waals surface area contributed by atoms with Crippen molar-refractivity contribution in [2.45, 2.75) is 17.2 Å². The van der Waals surface area contributed by atoms with Gasteiger partial charge in [-0.15, -0.1) is 11.8 Å². The Morgan fingerprint density at radius 3 is 2.48 bits per heavy atom. The van der Waals surface area contributed by atoms with Gasteiger partial charge in [-0.2, -0.15) is 8.78 Å². The third-order valence-corrected chi connectivity index (χ3v) is 5.22. The van der Waals surface area contributed by atoms with Gasteiger partial charge in [-0.25, -0.2) is 4.39 Å². The number of carboxylic acid groups (broad SMARTS) is 1. The van der Waals surface area contributed by atoms with Gasteiger partial charge in [-0.1, -0.05) is 29.8 Å². The van der Waals surface area contributed by atoms with Gasteiger partial charge in [0.15, 0.2) is 0 Å². The third kappa shape index (κ3) is 3.92. The number of halogens is 4. The van der Waals surface area contributed by atoms with Crippen LogP contribution < -0.4 is 0 Å². The van der Waals surface area contributed by atoms with Crippen LogP contribution in [0.4, 0.5) is 13.2 Å². The molecular weight excluding hydrogens is 397 g/mol. The Balaban J connectivity index is 2.26. The Bertz CT molecular complexity index is 1040. The van der Waals surface area contributed by atoms with E-state index in [1.165, 1.54) is 42.1 Å². The van der Waals surface area contributed by atoms with Crippen LogP contribution in [0.15, 0.2) is 53.4 Å². The molecule has 0 aromatic heterocycles. The number of hydrogen-bond acceptors (Lipinski definition) is 2. The van der Waals surface area contributed by atoms with Gasteiger partial charge in [-0.05, 0) is 52.9 Å². The lowest BCUT2D eigenvalue weighted by molar-refractivity contribution is -0.136. The average molecular weight is 411 g/mol. The highest BCUT2D eigenvalue weighted by Gasteiger charge is 2.38. The fourth-order valence-electron chi connectivity index (χ4n) is 2.95. The summed E-state index contributed by atoms with van der Waals surface area (Å²) < 4.78 is 44.5. The Kier molecular flexibility index (Phi) is 5.40. The highest BCUT2D eigenvalue weighted by Crippen LogP contribution is 2.43. The highest BCUT2D eigenvalue weighted by molar-refractivity contribution is 7.98. The Morgan fingerprint density at radius 1 is 1.11 bits per heavy atom. The molecule has 0 atom stereocenters. The van der Waals surface area contributed by atoms with Crippen molar-refractivity contribution in [2.75, 3.05) is 6.26 Å². The predicted molar refractivity (Wildman–Crippen MR) is 101 cm³/mol. The van der Waals surface area contributed by atoms with Crippen molar-refractivity contribution < 1.29 is 23.1 Å². The minimum absolute atomic E-state index is 0.0131. The van der Waals surface area contributed by atoms with E-state index in [-0.39, 0.29) is 16.0 Å². The van der Waals surface area contributed by atoms with Gasteiger partial charge in [0.25, 0.3) is 0 Å². The molecule has 0 bridgehead atoms. The Labute approximate surface area is 163 Å². The molecule has 0 aliphatic carbocycles. The predicted octanol–water partition coefficient (Wildman–Crippen LogP) is 6.12. The van der Waals surface area contributed by atoms with Gasteiger partial charge in [-0.3, -0.25) is 4.79 Å². The molecule has 140 valence electrons. The summed E-state index contributed by atoms with van der Waals surface area (Å²) in [4.78, 5) is 11.8. The molecule has 0 radical (unpaired) electrons. The van der Waals surface area contributed by atoms with Crippen molar-refractivity contribution >= 4 is 40.1 Å². The molecule has 7 heteroatoms. The third-order valence-electron chi connectivity index (χ3n) is 4.18. The first-order chi connectivity index (χ1) is 12.7. The fourth-order valence-corrected chi connectivity index (χ4v) is 3.75. The molecule has 3 aromatic rings. The molecule has 0 unspecified atom stereocenters. The smallest absolute Gasteiger partial charge is 0.307 e. The number of hydrogen-bond donors (Lipinski definition) is 1. The number of rotatable bonds is 5. The van der Waals surface area contributed by atoms with E-state index in [1.807, 2.05) is 0 Å². The van der Waals surface area contributed by atoms with Crippen LogP contribution in [-0.4, -0.2) is 17.3 Å². The minimum Gasteiger partial charge on any atom is -0.481 e. The zero-order chi connectivity index (χ0) is 19.8. The molecule has 3 aromatic carbocycles. The van der Waals surface area contributed by atoms with Gasteiger partial charge in [0, 0.05) is 16.0 Å². The lowest BCUT2D eigenvalue weighted by Gasteiger charge is -2.22. The number of thioether (sulfide) groups is 1. The summed E-state index contributed by atoms with van der Waals surface area (Å²) in [5, 5.41) is 9.26. The van der Waals surface area contributed by atoms with E-state index in [9.17, 15) is 9.18 Å². The second-order valence-corrected chi connectivity index (χ2v) is 7.29. The van der Waals surface area contributed by atoms with Gasteiger partial charge in [0.2, 0.25) is 0 Å². The molecular formula is C20H14ClF3O2S. The Morgan fingerprint density at radius 2 is 1.85 bits per heavy atom. The van der Waals surface area contributed by atoms with Crippen molar-refractivity contribution in [1.82, 2.24) is 0 Å². The molecule has 0 saturated heterocycles. The number of carboxylic acids is 1. The van der Waals surface area contributed by atoms with Crippen LogP contribution in [0, 0.1) is 5.82 Å². The zero-order valence-electron chi connectivity index (χ0n) is 14.1. The first kappa shape index (κ1) is 19.6. The lowest BCUT2D eigenvalue weighted by atomic mass is 9.92. The summed E-state index contributed by atoms with van der Waals surface area (Å²) in [5.74, 6) is -5.34. The largest absolute Gasteiger partial charge is 0.481 e. The van der Waals surface area contributed by atoms with Crippen LogP contribution >= 0.6 is 23.4 Å². The molecule has 2 nitrogen and oxygen atoms in total. The van der Waals surface area contributed by atoms with Gasteiger partial charge < -0.3 is 5.11 Å². The number of benzene rings is 3. The van der Waals surface area contributed by atoms with E-state index in [0.29, 0.717) is 5.39 Å². The van der Waals surface area contributed by atoms with Crippen molar-refractivity contribution in [3.63, 3.8) is 0 Å². The Hall–Kier alpha value is -2.18. The summed E-state index contributed by atoms with van der Waals surface area (Å²) in [6, 6.07) is 10.3. The van der Waals surface area contributed by atoms with Crippen molar-refractivity contribution in [3.8, 4) is 0 Å². The van der Waals surface area contributed by atoms with E-state index in [4.69, 9.17) is 16.7 Å². The zero-order valence-corrected chi connectivity index (χ0v) is 15.7. The molecule has 0 fully saturated rings. The molecule has 3 rings (SSSR count). The normalized spacial score (nSPS) is 11.7. The van der Waals surface area contributed by atoms with Crippen molar-refractivity contribution in [2.24, 2.45) is 0 Å². The minimum atomic E-state index is -3.53. The maximum atomic E-state index is 15.4. The molecule has 0 aliphatic rings. The van der Waals surface area contributed by atoms with Crippen LogP contribution in [0.3, 0.4) is 0 Å². The standard InChI is InChI=1S/C20H14ClF3O2S/c1-27-14-4-5-16(18(21)10-14)20(23,24)17-7-11(8-19(25)26)6-12-2-3-13(22)9-15(12)17/h2-7,9-10H,8H2,1H3,(H,25,26). The van der Waals surface area contributed by atoms with Crippen LogP contribution in [0.5, 0.6) is 0 Å². The first-order valence-electron chi connectivity index (χ1n) is 7.88. The van der Waals surface area contributed by atoms with E-state index in [0.717, 1.165) is 23.1 Å². The van der Waals surface area contributed by atoms with Crippen molar-refractivity contribution in [3.05, 3.63) is 76.1 Å². The monoisotopic (exact) mass is 410 g/mol. The average Bonchev–Trinajstić information content (AvgIpc) is 2.60. The van der Waals surface area contributed by atoms with Gasteiger partial charge in [0.05, 0.1) is 11.4 Å². The fraction of sp³-hybridized carbons (Fsp3) is 0.150. The number of fused-ring (bicyclic) bond motifs is 1. The van der Waals surface area contributed by atoms with Crippen LogP contribution in [-0.2, 0) is 17.1 Å². The molecule has 27 heavy (non-hydrogen) atoms. The second-order valence-electron chi connectivity index (χ2n) is 6.00. The quantitative estimate of drug-likeness (QED) is 0.515. The maximum absolute atomic E-state index is 15.4. The van der Waals surface area contributed by atoms with E-state index in [1.54, 1.807) is 6.26 Å². The highest BCUT2D eigenvalue weighted by atomic mass is 35.5. The van der Waals surface area contributed by atoms with Crippen molar-refractivity contribution in [1.29, 1.82) is 0 Å². The first-order valence-corrected chi connectivity index (χ1v) is 9.49. The summed E-state index contributed by atoms with van der Waals surface area (Å²) in [6.45, 7) is 0. The summed E-state index contributed by atoms with van der Waals surface area (Å²) >= 11 is 7.46. The SMILES string of the molecule is CSc1ccc(C(F)(F)c2cc(CC(=O)O)cc3ccc(F)cc23)c(Cl)c1. The maximum Gasteiger partial charge on any atom is 0.307 e. The molecule has 0 saturated carbocycles. The lowest BCUT2D eigenvalue weighted by Crippen LogP contribution is -2.17. The number of aliphatic carboxylic acids is 1. The number of carbonyl (C=O) groups is 1. The molecule has 0 spiro atoms. The number of alkyl halides is 2. The molecule has 0 heterocycles. The molecule has 0 amide bonds. The van der Waals surface area contributed by atoms with Crippen LogP contribution in [0.2, 0.25) is 5.02 Å². The van der Waals surface area contributed by atoms with Gasteiger partial charge in [0.1, 0.15) is 5.82 Å². The summed E-state index contributed by atoms with van der Waals surface area (Å²) in [5.41, 5.74) is -0.692. The van der Waals surface area contributed by atoms with E-state index in [2.05, 4.69) is 0 Å². The van der Waals surface area contributed by atoms with E-state index < -0.39 is 35.3 Å². The summed E-state index contributed by atoms with van der Waals surface area (Å²) in [6.07, 6.45) is 1.38. The van der Waals surface area contributed by atoms with Gasteiger partial charge >= 0.3 is 11.9 Å². The molecule has 0 aliphatic heterocycles. The van der Waals surface area contributed by atoms with Crippen LogP contribution in [0.1, 0.15) is 16.7 Å². The van der Waals surface area contributed by atoms with Crippen LogP contribution in [0.25, 0.3) is 10.8 Å².